The van der Waals surface area contributed by atoms with Crippen molar-refractivity contribution in [1.29, 1.82) is 0 Å². The lowest BCUT2D eigenvalue weighted by atomic mass is 9.92. The quantitative estimate of drug-likeness (QED) is 0.793. The number of ketones is 1. The van der Waals surface area contributed by atoms with Gasteiger partial charge in [-0.3, -0.25) is 9.59 Å². The number of rotatable bonds is 4. The second-order valence-electron chi connectivity index (χ2n) is 3.99. The van der Waals surface area contributed by atoms with Crippen LogP contribution < -0.4 is 0 Å². The molecule has 0 aromatic rings. The maximum absolute atomic E-state index is 11.6. The van der Waals surface area contributed by atoms with E-state index in [1.165, 1.54) is 4.90 Å². The first-order valence-electron chi connectivity index (χ1n) is 5.70. The summed E-state index contributed by atoms with van der Waals surface area (Å²) in [6, 6.07) is 0. The highest BCUT2D eigenvalue weighted by molar-refractivity contribution is 5.84. The number of ether oxygens (including phenoxy) is 1. The van der Waals surface area contributed by atoms with Crippen molar-refractivity contribution in [1.82, 2.24) is 4.90 Å². The summed E-state index contributed by atoms with van der Waals surface area (Å²) in [6.07, 6.45) is 0.0839. The van der Waals surface area contributed by atoms with Gasteiger partial charge in [-0.05, 0) is 13.3 Å². The second-order valence-corrected chi connectivity index (χ2v) is 3.99. The van der Waals surface area contributed by atoms with Crippen molar-refractivity contribution in [3.63, 3.8) is 0 Å². The highest BCUT2D eigenvalue weighted by Crippen LogP contribution is 2.18. The number of carboxylic acid groups (broad SMARTS) is 1. The molecule has 0 aromatic heterocycles. The Bertz CT molecular complexity index is 315. The summed E-state index contributed by atoms with van der Waals surface area (Å²) >= 11 is 0. The van der Waals surface area contributed by atoms with Crippen LogP contribution in [-0.2, 0) is 14.3 Å². The van der Waals surface area contributed by atoms with E-state index in [-0.39, 0.29) is 37.5 Å². The number of Topliss-reactive ketones (excluding diaryl/α,β-unsaturated/α-hetero) is 1. The molecule has 0 spiro atoms. The summed E-state index contributed by atoms with van der Waals surface area (Å²) in [7, 11) is 0. The average molecular weight is 243 g/mol. The molecule has 1 atom stereocenters. The van der Waals surface area contributed by atoms with Gasteiger partial charge in [-0.15, -0.1) is 0 Å². The van der Waals surface area contributed by atoms with Crippen LogP contribution in [0.5, 0.6) is 0 Å². The van der Waals surface area contributed by atoms with Crippen molar-refractivity contribution >= 4 is 17.8 Å². The summed E-state index contributed by atoms with van der Waals surface area (Å²) in [5, 5.41) is 8.57. The molecule has 6 heteroatoms. The molecule has 6 nitrogen and oxygen atoms in total. The molecule has 1 aliphatic rings. The zero-order valence-electron chi connectivity index (χ0n) is 9.85. The van der Waals surface area contributed by atoms with Crippen LogP contribution in [0.4, 0.5) is 4.79 Å². The van der Waals surface area contributed by atoms with Crippen LogP contribution in [0, 0.1) is 5.92 Å². The predicted molar refractivity (Wildman–Crippen MR) is 58.6 cm³/mol. The van der Waals surface area contributed by atoms with Crippen LogP contribution in [0.2, 0.25) is 0 Å². The van der Waals surface area contributed by atoms with Crippen molar-refractivity contribution in [2.45, 2.75) is 26.2 Å². The lowest BCUT2D eigenvalue weighted by Crippen LogP contribution is -2.44. The highest BCUT2D eigenvalue weighted by atomic mass is 16.6. The third-order valence-corrected chi connectivity index (χ3v) is 2.76. The van der Waals surface area contributed by atoms with E-state index < -0.39 is 12.1 Å². The number of likely N-dealkylation sites (tertiary alicyclic amines) is 1. The van der Waals surface area contributed by atoms with E-state index in [2.05, 4.69) is 0 Å². The Kier molecular flexibility index (Phi) is 4.93. The SMILES string of the molecule is CCOC(=O)N1CCC(=O)C(CCC(=O)O)C1. The Hall–Kier alpha value is -1.59. The van der Waals surface area contributed by atoms with Crippen molar-refractivity contribution in [3.8, 4) is 0 Å². The van der Waals surface area contributed by atoms with Gasteiger partial charge in [0.15, 0.2) is 0 Å². The maximum atomic E-state index is 11.6. The maximum Gasteiger partial charge on any atom is 0.409 e. The van der Waals surface area contributed by atoms with E-state index in [4.69, 9.17) is 9.84 Å². The average Bonchev–Trinajstić information content (AvgIpc) is 2.28. The number of carbonyl (C=O) groups is 3. The molecular weight excluding hydrogens is 226 g/mol. The number of carboxylic acids is 1. The molecule has 1 fully saturated rings. The largest absolute Gasteiger partial charge is 0.481 e. The Labute approximate surface area is 99.5 Å². The van der Waals surface area contributed by atoms with Crippen molar-refractivity contribution < 1.29 is 24.2 Å². The Morgan fingerprint density at radius 3 is 2.82 bits per heavy atom. The molecule has 96 valence electrons. The van der Waals surface area contributed by atoms with Gasteiger partial charge in [0.1, 0.15) is 5.78 Å². The van der Waals surface area contributed by atoms with Crippen LogP contribution in [0.15, 0.2) is 0 Å². The van der Waals surface area contributed by atoms with Gasteiger partial charge in [-0.25, -0.2) is 4.79 Å². The summed E-state index contributed by atoms with van der Waals surface area (Å²) in [5.74, 6) is -1.26. The van der Waals surface area contributed by atoms with E-state index in [0.29, 0.717) is 13.2 Å². The monoisotopic (exact) mass is 243 g/mol. The highest BCUT2D eigenvalue weighted by Gasteiger charge is 2.30. The molecule has 0 radical (unpaired) electrons. The third kappa shape index (κ3) is 4.05. The molecule has 1 saturated heterocycles. The van der Waals surface area contributed by atoms with Crippen LogP contribution >= 0.6 is 0 Å². The number of carbonyl (C=O) groups excluding carboxylic acids is 2. The third-order valence-electron chi connectivity index (χ3n) is 2.76. The number of hydrogen-bond acceptors (Lipinski definition) is 4. The smallest absolute Gasteiger partial charge is 0.409 e. The molecule has 1 rings (SSSR count). The Morgan fingerprint density at radius 1 is 1.53 bits per heavy atom. The first-order valence-corrected chi connectivity index (χ1v) is 5.70. The van der Waals surface area contributed by atoms with Crippen molar-refractivity contribution in [2.75, 3.05) is 19.7 Å². The molecule has 1 heterocycles. The van der Waals surface area contributed by atoms with Gasteiger partial charge >= 0.3 is 12.1 Å². The summed E-state index contributed by atoms with van der Waals surface area (Å²) in [4.78, 5) is 34.9. The Balaban J connectivity index is 2.50. The molecule has 0 aromatic carbocycles. The van der Waals surface area contributed by atoms with Gasteiger partial charge in [0.25, 0.3) is 0 Å². The van der Waals surface area contributed by atoms with E-state index in [0.717, 1.165) is 0 Å². The first-order chi connectivity index (χ1) is 8.04. The van der Waals surface area contributed by atoms with Gasteiger partial charge < -0.3 is 14.7 Å². The number of aliphatic carboxylic acids is 1. The van der Waals surface area contributed by atoms with Crippen molar-refractivity contribution in [2.24, 2.45) is 5.92 Å². The van der Waals surface area contributed by atoms with Crippen LogP contribution in [0.25, 0.3) is 0 Å². The van der Waals surface area contributed by atoms with Gasteiger partial charge in [0, 0.05) is 31.8 Å². The van der Waals surface area contributed by atoms with E-state index in [1.807, 2.05) is 0 Å². The normalized spacial score (nSPS) is 20.2. The number of hydrogen-bond donors (Lipinski definition) is 1. The van der Waals surface area contributed by atoms with E-state index in [1.54, 1.807) is 6.92 Å². The molecule has 17 heavy (non-hydrogen) atoms. The van der Waals surface area contributed by atoms with E-state index in [9.17, 15) is 14.4 Å². The molecule has 1 amide bonds. The molecule has 0 saturated carbocycles. The molecule has 1 aliphatic heterocycles. The first kappa shape index (κ1) is 13.5. The zero-order valence-corrected chi connectivity index (χ0v) is 9.85. The molecule has 0 bridgehead atoms. The second kappa shape index (κ2) is 6.22. The number of piperidine rings is 1. The van der Waals surface area contributed by atoms with Crippen LogP contribution in [-0.4, -0.2) is 47.5 Å². The number of nitrogens with zero attached hydrogens (tertiary/aromatic N) is 1. The summed E-state index contributed by atoms with van der Waals surface area (Å²) < 4.78 is 4.85. The summed E-state index contributed by atoms with van der Waals surface area (Å²) in [5.41, 5.74) is 0. The van der Waals surface area contributed by atoms with E-state index >= 15 is 0 Å². The minimum Gasteiger partial charge on any atom is -0.481 e. The van der Waals surface area contributed by atoms with Gasteiger partial charge in [-0.2, -0.15) is 0 Å². The van der Waals surface area contributed by atoms with Gasteiger partial charge in [-0.1, -0.05) is 0 Å². The standard InChI is InChI=1S/C11H17NO5/c1-2-17-11(16)12-6-5-9(13)8(7-12)3-4-10(14)15/h8H,2-7H2,1H3,(H,14,15). The van der Waals surface area contributed by atoms with Crippen LogP contribution in [0.3, 0.4) is 0 Å². The molecular formula is C11H17NO5. The number of amides is 1. The van der Waals surface area contributed by atoms with Crippen molar-refractivity contribution in [3.05, 3.63) is 0 Å². The van der Waals surface area contributed by atoms with Crippen LogP contribution in [0.1, 0.15) is 26.2 Å². The molecule has 1 unspecified atom stereocenters. The van der Waals surface area contributed by atoms with Gasteiger partial charge in [0.2, 0.25) is 0 Å². The van der Waals surface area contributed by atoms with Gasteiger partial charge in [0.05, 0.1) is 6.61 Å². The fraction of sp³-hybridized carbons (Fsp3) is 0.727. The zero-order chi connectivity index (χ0) is 12.8. The molecule has 0 aliphatic carbocycles. The fourth-order valence-electron chi connectivity index (χ4n) is 1.84. The predicted octanol–water partition coefficient (Wildman–Crippen LogP) is 0.899. The lowest BCUT2D eigenvalue weighted by molar-refractivity contribution is -0.137. The lowest BCUT2D eigenvalue weighted by Gasteiger charge is -2.30. The summed E-state index contributed by atoms with van der Waals surface area (Å²) in [6.45, 7) is 2.64. The topological polar surface area (TPSA) is 83.9 Å². The minimum absolute atomic E-state index is 0.0341. The Morgan fingerprint density at radius 2 is 2.24 bits per heavy atom. The minimum atomic E-state index is -0.925. The molecule has 1 N–H and O–H groups in total. The fourth-order valence-corrected chi connectivity index (χ4v) is 1.84.